The Labute approximate surface area is 157 Å². The van der Waals surface area contributed by atoms with Crippen molar-refractivity contribution in [2.24, 2.45) is 0 Å². The van der Waals surface area contributed by atoms with Gasteiger partial charge in [-0.2, -0.15) is 13.2 Å². The molecule has 0 fully saturated rings. The summed E-state index contributed by atoms with van der Waals surface area (Å²) < 4.78 is 37.9. The maximum atomic E-state index is 12.6. The third kappa shape index (κ3) is 7.19. The Bertz CT molecular complexity index is 801. The molecule has 0 amide bonds. The second-order valence-electron chi connectivity index (χ2n) is 5.10. The lowest BCUT2D eigenvalue weighted by Crippen LogP contribution is -2.09. The van der Waals surface area contributed by atoms with Gasteiger partial charge in [0.25, 0.3) is 0 Å². The highest BCUT2D eigenvalue weighted by Gasteiger charge is 2.30. The van der Waals surface area contributed by atoms with Crippen molar-refractivity contribution in [1.29, 1.82) is 0 Å². The smallest absolute Gasteiger partial charge is 0.416 e. The number of carboxylic acid groups (broad SMARTS) is 2. The molecule has 27 heavy (non-hydrogen) atoms. The third-order valence-electron chi connectivity index (χ3n) is 3.08. The summed E-state index contributed by atoms with van der Waals surface area (Å²) in [5.74, 6) is -3.65. The van der Waals surface area contributed by atoms with Crippen LogP contribution in [0.5, 0.6) is 0 Å². The number of anilines is 1. The van der Waals surface area contributed by atoms with Crippen molar-refractivity contribution >= 4 is 29.4 Å². The molecule has 146 valence electrons. The molecular weight excluding hydrogens is 385 g/mol. The van der Waals surface area contributed by atoms with Gasteiger partial charge in [-0.1, -0.05) is 30.0 Å². The first-order chi connectivity index (χ1) is 12.6. The second-order valence-corrected chi connectivity index (χ2v) is 6.18. The van der Waals surface area contributed by atoms with Crippen LogP contribution in [0.4, 0.5) is 18.9 Å². The van der Waals surface area contributed by atoms with E-state index in [2.05, 4.69) is 5.32 Å². The normalized spacial score (nSPS) is 10.7. The van der Waals surface area contributed by atoms with Crippen molar-refractivity contribution in [2.45, 2.75) is 22.5 Å². The number of rotatable bonds is 4. The summed E-state index contributed by atoms with van der Waals surface area (Å²) in [6.45, 7) is 0.684. The van der Waals surface area contributed by atoms with Crippen molar-refractivity contribution in [3.8, 4) is 0 Å². The first-order valence-corrected chi connectivity index (χ1v) is 8.21. The summed E-state index contributed by atoms with van der Waals surface area (Å²) in [6, 6.07) is 11.2. The predicted molar refractivity (Wildman–Crippen MR) is 94.5 cm³/mol. The van der Waals surface area contributed by atoms with Gasteiger partial charge in [-0.05, 0) is 36.9 Å². The molecule has 0 spiro atoms. The van der Waals surface area contributed by atoms with Crippen LogP contribution >= 0.6 is 11.8 Å². The van der Waals surface area contributed by atoms with Crippen LogP contribution in [0.15, 0.2) is 52.3 Å². The van der Waals surface area contributed by atoms with Crippen molar-refractivity contribution in [3.63, 3.8) is 0 Å². The Hall–Kier alpha value is -2.72. The Morgan fingerprint density at radius 3 is 2.15 bits per heavy atom. The molecule has 6 nitrogen and oxygen atoms in total. The summed E-state index contributed by atoms with van der Waals surface area (Å²) in [5, 5.41) is 17.8. The maximum absolute atomic E-state index is 12.6. The van der Waals surface area contributed by atoms with Gasteiger partial charge in [-0.3, -0.25) is 0 Å². The number of nitrogens with one attached hydrogen (secondary N) is 1. The van der Waals surface area contributed by atoms with Gasteiger partial charge in [0.2, 0.25) is 0 Å². The van der Waals surface area contributed by atoms with Crippen molar-refractivity contribution in [2.75, 3.05) is 12.8 Å². The van der Waals surface area contributed by atoms with Crippen LogP contribution in [-0.4, -0.2) is 29.2 Å². The van der Waals surface area contributed by atoms with E-state index in [1.54, 1.807) is 0 Å². The summed E-state index contributed by atoms with van der Waals surface area (Å²) in [7, 11) is 1.84. The van der Waals surface area contributed by atoms with E-state index in [0.29, 0.717) is 11.4 Å². The van der Waals surface area contributed by atoms with E-state index in [1.165, 1.54) is 17.8 Å². The summed E-state index contributed by atoms with van der Waals surface area (Å²) in [5.41, 5.74) is 6.23. The number of aliphatic carboxylic acids is 2. The molecule has 0 aliphatic rings. The highest BCUT2D eigenvalue weighted by atomic mass is 32.2. The van der Waals surface area contributed by atoms with Crippen molar-refractivity contribution in [1.82, 2.24) is 5.32 Å². The van der Waals surface area contributed by atoms with Gasteiger partial charge in [0, 0.05) is 22.0 Å². The zero-order valence-electron chi connectivity index (χ0n) is 14.1. The lowest BCUT2D eigenvalue weighted by Gasteiger charge is -2.12. The SMILES string of the molecule is CNCc1ccccc1Sc1ccc(C(F)(F)F)cc1N.O=C(O)C(=O)O. The highest BCUT2D eigenvalue weighted by molar-refractivity contribution is 7.99. The number of hydrogen-bond donors (Lipinski definition) is 4. The highest BCUT2D eigenvalue weighted by Crippen LogP contribution is 2.37. The quantitative estimate of drug-likeness (QED) is 0.458. The molecule has 0 saturated carbocycles. The minimum absolute atomic E-state index is 0.133. The van der Waals surface area contributed by atoms with Crippen LogP contribution < -0.4 is 11.1 Å². The van der Waals surface area contributed by atoms with Gasteiger partial charge in [-0.15, -0.1) is 0 Å². The molecular formula is C17H17F3N2O4S. The average molecular weight is 402 g/mol. The van der Waals surface area contributed by atoms with Crippen LogP contribution in [0, 0.1) is 0 Å². The molecule has 0 aliphatic heterocycles. The largest absolute Gasteiger partial charge is 0.473 e. The maximum Gasteiger partial charge on any atom is 0.416 e. The molecule has 10 heteroatoms. The third-order valence-corrected chi connectivity index (χ3v) is 4.29. The number of halogens is 3. The topological polar surface area (TPSA) is 113 Å². The van der Waals surface area contributed by atoms with Crippen molar-refractivity contribution in [3.05, 3.63) is 53.6 Å². The molecule has 0 atom stereocenters. The monoisotopic (exact) mass is 402 g/mol. The zero-order valence-corrected chi connectivity index (χ0v) is 14.9. The average Bonchev–Trinajstić information content (AvgIpc) is 2.58. The van der Waals surface area contributed by atoms with Gasteiger partial charge in [0.15, 0.2) is 0 Å². The van der Waals surface area contributed by atoms with E-state index < -0.39 is 23.7 Å². The zero-order chi connectivity index (χ0) is 20.6. The number of alkyl halides is 3. The van der Waals surface area contributed by atoms with E-state index in [1.807, 2.05) is 31.3 Å². The van der Waals surface area contributed by atoms with Crippen LogP contribution in [0.3, 0.4) is 0 Å². The second kappa shape index (κ2) is 9.83. The predicted octanol–water partition coefficient (Wildman–Crippen LogP) is 3.31. The van der Waals surface area contributed by atoms with Gasteiger partial charge in [0.05, 0.1) is 5.56 Å². The van der Waals surface area contributed by atoms with Gasteiger partial charge >= 0.3 is 18.1 Å². The number of hydrogen-bond acceptors (Lipinski definition) is 5. The summed E-state index contributed by atoms with van der Waals surface area (Å²) >= 11 is 1.37. The lowest BCUT2D eigenvalue weighted by atomic mass is 10.2. The molecule has 2 aromatic carbocycles. The molecule has 0 aliphatic carbocycles. The number of nitrogen functional groups attached to an aromatic ring is 1. The minimum Gasteiger partial charge on any atom is -0.473 e. The van der Waals surface area contributed by atoms with E-state index in [4.69, 9.17) is 25.5 Å². The number of nitrogens with two attached hydrogens (primary N) is 1. The fourth-order valence-electron chi connectivity index (χ4n) is 1.88. The number of benzene rings is 2. The fourth-order valence-corrected chi connectivity index (χ4v) is 2.84. The molecule has 5 N–H and O–H groups in total. The molecule has 0 aromatic heterocycles. The molecule has 2 aromatic rings. The van der Waals surface area contributed by atoms with Crippen LogP contribution in [0.2, 0.25) is 0 Å². The molecule has 2 rings (SSSR count). The molecule has 0 bridgehead atoms. The Balaban J connectivity index is 0.000000527. The van der Waals surface area contributed by atoms with Crippen LogP contribution in [0.25, 0.3) is 0 Å². The van der Waals surface area contributed by atoms with Crippen molar-refractivity contribution < 1.29 is 33.0 Å². The van der Waals surface area contributed by atoms with E-state index in [-0.39, 0.29) is 5.69 Å². The standard InChI is InChI=1S/C15H15F3N2S.C2H2O4/c1-20-9-10-4-2-3-5-13(10)21-14-7-6-11(8-12(14)19)15(16,17)18;3-1(4)2(5)6/h2-8,20H,9,19H2,1H3;(H,3,4)(H,5,6). The Kier molecular flexibility index (Phi) is 8.13. The van der Waals surface area contributed by atoms with Gasteiger partial charge < -0.3 is 21.3 Å². The van der Waals surface area contributed by atoms with Crippen LogP contribution in [-0.2, 0) is 22.3 Å². The Morgan fingerprint density at radius 2 is 1.67 bits per heavy atom. The van der Waals surface area contributed by atoms with E-state index >= 15 is 0 Å². The first kappa shape index (κ1) is 22.3. The number of carboxylic acids is 2. The van der Waals surface area contributed by atoms with Gasteiger partial charge in [0.1, 0.15) is 0 Å². The molecule has 0 unspecified atom stereocenters. The molecule has 0 heterocycles. The number of carbonyl (C=O) groups is 2. The van der Waals surface area contributed by atoms with E-state index in [0.717, 1.165) is 22.6 Å². The summed E-state index contributed by atoms with van der Waals surface area (Å²) in [6.07, 6.45) is -4.37. The van der Waals surface area contributed by atoms with E-state index in [9.17, 15) is 13.2 Å². The molecule has 0 saturated heterocycles. The lowest BCUT2D eigenvalue weighted by molar-refractivity contribution is -0.159. The Morgan fingerprint density at radius 1 is 1.07 bits per heavy atom. The fraction of sp³-hybridized carbons (Fsp3) is 0.176. The molecule has 0 radical (unpaired) electrons. The van der Waals surface area contributed by atoms with Crippen LogP contribution in [0.1, 0.15) is 11.1 Å². The van der Waals surface area contributed by atoms with Gasteiger partial charge in [-0.25, -0.2) is 9.59 Å². The first-order valence-electron chi connectivity index (χ1n) is 7.39. The summed E-state index contributed by atoms with van der Waals surface area (Å²) in [4.78, 5) is 19.8. The minimum atomic E-state index is -4.37.